The van der Waals surface area contributed by atoms with E-state index in [-0.39, 0.29) is 5.75 Å². The van der Waals surface area contributed by atoms with E-state index in [9.17, 15) is 5.11 Å². The molecular weight excluding hydrogens is 268 g/mol. The summed E-state index contributed by atoms with van der Waals surface area (Å²) in [5.74, 6) is 0.193. The van der Waals surface area contributed by atoms with E-state index in [1.807, 2.05) is 31.2 Å². The van der Waals surface area contributed by atoms with E-state index in [1.165, 1.54) is 6.33 Å². The molecule has 21 heavy (non-hydrogen) atoms. The molecular formula is C14H14N6O. The van der Waals surface area contributed by atoms with Gasteiger partial charge in [-0.15, -0.1) is 5.10 Å². The average Bonchev–Trinajstić information content (AvgIpc) is 3.03. The number of nitrogens with one attached hydrogen (secondary N) is 1. The minimum atomic E-state index is 0.193. The average molecular weight is 282 g/mol. The Morgan fingerprint density at radius 1 is 1.14 bits per heavy atom. The zero-order valence-corrected chi connectivity index (χ0v) is 11.4. The SMILES string of the molecule is Cc1ccc(O)c(CNc2ccc(-n3cnnn3)cc2)n1. The molecule has 3 rings (SSSR count). The summed E-state index contributed by atoms with van der Waals surface area (Å²) < 4.78 is 1.58. The summed E-state index contributed by atoms with van der Waals surface area (Å²) in [4.78, 5) is 4.30. The fourth-order valence-electron chi connectivity index (χ4n) is 1.93. The van der Waals surface area contributed by atoms with Gasteiger partial charge in [-0.05, 0) is 53.7 Å². The minimum absolute atomic E-state index is 0.193. The normalized spacial score (nSPS) is 10.5. The lowest BCUT2D eigenvalue weighted by atomic mass is 10.2. The first-order valence-corrected chi connectivity index (χ1v) is 6.45. The van der Waals surface area contributed by atoms with Gasteiger partial charge in [0.2, 0.25) is 0 Å². The molecule has 0 bridgehead atoms. The first-order chi connectivity index (χ1) is 10.2. The number of aryl methyl sites for hydroxylation is 1. The Balaban J connectivity index is 1.70. The fraction of sp³-hybridized carbons (Fsp3) is 0.143. The Bertz CT molecular complexity index is 724. The molecule has 1 aromatic carbocycles. The van der Waals surface area contributed by atoms with E-state index in [2.05, 4.69) is 25.8 Å². The Hall–Kier alpha value is -2.96. The van der Waals surface area contributed by atoms with Crippen LogP contribution in [-0.4, -0.2) is 30.3 Å². The number of hydrogen-bond donors (Lipinski definition) is 2. The highest BCUT2D eigenvalue weighted by Gasteiger charge is 2.03. The van der Waals surface area contributed by atoms with Crippen LogP contribution in [0, 0.1) is 6.92 Å². The summed E-state index contributed by atoms with van der Waals surface area (Å²) in [5.41, 5.74) is 3.30. The number of tetrazole rings is 1. The quantitative estimate of drug-likeness (QED) is 0.757. The molecule has 106 valence electrons. The van der Waals surface area contributed by atoms with Crippen LogP contribution in [0.15, 0.2) is 42.7 Å². The first kappa shape index (κ1) is 13.0. The first-order valence-electron chi connectivity index (χ1n) is 6.45. The molecule has 0 amide bonds. The highest BCUT2D eigenvalue weighted by atomic mass is 16.3. The smallest absolute Gasteiger partial charge is 0.143 e. The molecule has 0 saturated heterocycles. The standard InChI is InChI=1S/C14H14N6O/c1-10-2-7-14(21)13(17-10)8-15-11-3-5-12(6-4-11)20-9-16-18-19-20/h2-7,9,15,21H,8H2,1H3. The zero-order valence-electron chi connectivity index (χ0n) is 11.4. The maximum Gasteiger partial charge on any atom is 0.143 e. The van der Waals surface area contributed by atoms with Gasteiger partial charge in [-0.25, -0.2) is 4.68 Å². The van der Waals surface area contributed by atoms with Crippen LogP contribution in [0.1, 0.15) is 11.4 Å². The molecule has 0 aliphatic rings. The summed E-state index contributed by atoms with van der Waals surface area (Å²) in [6.07, 6.45) is 1.54. The summed E-state index contributed by atoms with van der Waals surface area (Å²) in [6.45, 7) is 2.35. The fourth-order valence-corrected chi connectivity index (χ4v) is 1.93. The van der Waals surface area contributed by atoms with E-state index in [0.717, 1.165) is 17.1 Å². The van der Waals surface area contributed by atoms with Crippen molar-refractivity contribution in [1.82, 2.24) is 25.2 Å². The second kappa shape index (κ2) is 5.58. The molecule has 0 unspecified atom stereocenters. The van der Waals surface area contributed by atoms with Crippen LogP contribution in [0.5, 0.6) is 5.75 Å². The predicted octanol–water partition coefficient (Wildman–Crippen LogP) is 1.68. The monoisotopic (exact) mass is 282 g/mol. The van der Waals surface area contributed by atoms with Gasteiger partial charge in [0.25, 0.3) is 0 Å². The van der Waals surface area contributed by atoms with Gasteiger partial charge in [-0.1, -0.05) is 0 Å². The number of benzene rings is 1. The molecule has 0 radical (unpaired) electrons. The van der Waals surface area contributed by atoms with Gasteiger partial charge in [-0.3, -0.25) is 4.98 Å². The molecule has 0 atom stereocenters. The van der Waals surface area contributed by atoms with E-state index < -0.39 is 0 Å². The lowest BCUT2D eigenvalue weighted by Gasteiger charge is -2.09. The summed E-state index contributed by atoms with van der Waals surface area (Å²) >= 11 is 0. The molecule has 0 aliphatic heterocycles. The van der Waals surface area contributed by atoms with Crippen molar-refractivity contribution in [3.8, 4) is 11.4 Å². The van der Waals surface area contributed by atoms with Crippen molar-refractivity contribution in [2.24, 2.45) is 0 Å². The lowest BCUT2D eigenvalue weighted by molar-refractivity contribution is 0.464. The van der Waals surface area contributed by atoms with Crippen molar-refractivity contribution >= 4 is 5.69 Å². The summed E-state index contributed by atoms with van der Waals surface area (Å²) in [5, 5.41) is 24.0. The molecule has 0 saturated carbocycles. The maximum absolute atomic E-state index is 9.75. The number of hydrogen-bond acceptors (Lipinski definition) is 6. The third kappa shape index (κ3) is 2.97. The molecule has 2 aromatic heterocycles. The highest BCUT2D eigenvalue weighted by molar-refractivity contribution is 5.49. The molecule has 2 N–H and O–H groups in total. The van der Waals surface area contributed by atoms with Crippen LogP contribution in [0.2, 0.25) is 0 Å². The Morgan fingerprint density at radius 2 is 1.95 bits per heavy atom. The zero-order chi connectivity index (χ0) is 14.7. The molecule has 3 aromatic rings. The van der Waals surface area contributed by atoms with Gasteiger partial charge in [0.15, 0.2) is 0 Å². The summed E-state index contributed by atoms with van der Waals surface area (Å²) in [7, 11) is 0. The molecule has 0 spiro atoms. The van der Waals surface area contributed by atoms with Crippen molar-refractivity contribution < 1.29 is 5.11 Å². The van der Waals surface area contributed by atoms with Crippen LogP contribution >= 0.6 is 0 Å². The summed E-state index contributed by atoms with van der Waals surface area (Å²) in [6, 6.07) is 11.1. The van der Waals surface area contributed by atoms with Crippen LogP contribution in [-0.2, 0) is 6.54 Å². The van der Waals surface area contributed by atoms with Crippen molar-refractivity contribution in [2.75, 3.05) is 5.32 Å². The van der Waals surface area contributed by atoms with Gasteiger partial charge in [0.1, 0.15) is 17.8 Å². The van der Waals surface area contributed by atoms with Gasteiger partial charge in [0.05, 0.1) is 12.2 Å². The Kier molecular flexibility index (Phi) is 3.46. The van der Waals surface area contributed by atoms with E-state index in [4.69, 9.17) is 0 Å². The third-order valence-corrected chi connectivity index (χ3v) is 3.03. The molecule has 7 nitrogen and oxygen atoms in total. The van der Waals surface area contributed by atoms with Crippen molar-refractivity contribution in [3.05, 3.63) is 54.1 Å². The Labute approximate surface area is 121 Å². The maximum atomic E-state index is 9.75. The van der Waals surface area contributed by atoms with Crippen LogP contribution in [0.4, 0.5) is 5.69 Å². The van der Waals surface area contributed by atoms with Gasteiger partial charge < -0.3 is 10.4 Å². The second-order valence-corrected chi connectivity index (χ2v) is 4.57. The van der Waals surface area contributed by atoms with Crippen molar-refractivity contribution in [3.63, 3.8) is 0 Å². The number of aromatic nitrogens is 5. The van der Waals surface area contributed by atoms with Gasteiger partial charge in [0, 0.05) is 11.4 Å². The van der Waals surface area contributed by atoms with Gasteiger partial charge >= 0.3 is 0 Å². The van der Waals surface area contributed by atoms with E-state index in [1.54, 1.807) is 16.8 Å². The largest absolute Gasteiger partial charge is 0.506 e. The van der Waals surface area contributed by atoms with Gasteiger partial charge in [-0.2, -0.15) is 0 Å². The van der Waals surface area contributed by atoms with E-state index >= 15 is 0 Å². The lowest BCUT2D eigenvalue weighted by Crippen LogP contribution is -2.03. The molecule has 0 aliphatic carbocycles. The predicted molar refractivity (Wildman–Crippen MR) is 77.1 cm³/mol. The minimum Gasteiger partial charge on any atom is -0.506 e. The number of aromatic hydroxyl groups is 1. The second-order valence-electron chi connectivity index (χ2n) is 4.57. The molecule has 0 fully saturated rings. The topological polar surface area (TPSA) is 88.8 Å². The molecule has 7 heteroatoms. The molecule has 2 heterocycles. The third-order valence-electron chi connectivity index (χ3n) is 3.03. The number of nitrogens with zero attached hydrogens (tertiary/aromatic N) is 5. The van der Waals surface area contributed by atoms with Crippen molar-refractivity contribution in [1.29, 1.82) is 0 Å². The van der Waals surface area contributed by atoms with Crippen LogP contribution in [0.3, 0.4) is 0 Å². The van der Waals surface area contributed by atoms with Crippen LogP contribution in [0.25, 0.3) is 5.69 Å². The highest BCUT2D eigenvalue weighted by Crippen LogP contribution is 2.17. The number of rotatable bonds is 4. The number of anilines is 1. The number of pyridine rings is 1. The van der Waals surface area contributed by atoms with E-state index in [0.29, 0.717) is 12.2 Å². The van der Waals surface area contributed by atoms with Crippen LogP contribution < -0.4 is 5.32 Å². The van der Waals surface area contributed by atoms with Crippen molar-refractivity contribution in [2.45, 2.75) is 13.5 Å². The Morgan fingerprint density at radius 3 is 2.67 bits per heavy atom.